The van der Waals surface area contributed by atoms with Crippen molar-refractivity contribution in [3.8, 4) is 34.1 Å². The second-order valence-electron chi connectivity index (χ2n) is 4.46. The Morgan fingerprint density at radius 1 is 0.905 bits per heavy atom. The monoisotopic (exact) mass is 286 g/mol. The van der Waals surface area contributed by atoms with E-state index in [9.17, 15) is 25.2 Å². The van der Waals surface area contributed by atoms with E-state index in [4.69, 9.17) is 4.42 Å². The molecule has 0 unspecified atom stereocenters. The van der Waals surface area contributed by atoms with E-state index in [0.717, 1.165) is 6.07 Å². The van der Waals surface area contributed by atoms with E-state index < -0.39 is 11.4 Å². The van der Waals surface area contributed by atoms with E-state index in [0.29, 0.717) is 0 Å². The van der Waals surface area contributed by atoms with Crippen LogP contribution in [0.5, 0.6) is 23.0 Å². The molecule has 0 saturated carbocycles. The summed E-state index contributed by atoms with van der Waals surface area (Å²) in [6, 6.07) is 7.74. The fraction of sp³-hybridized carbons (Fsp3) is 0. The molecule has 0 atom stereocenters. The minimum Gasteiger partial charge on any atom is -0.508 e. The highest BCUT2D eigenvalue weighted by Gasteiger charge is 2.20. The van der Waals surface area contributed by atoms with Crippen LogP contribution in [0.4, 0.5) is 0 Å². The van der Waals surface area contributed by atoms with Crippen LogP contribution in [-0.4, -0.2) is 20.4 Å². The first-order valence-corrected chi connectivity index (χ1v) is 5.99. The van der Waals surface area contributed by atoms with Gasteiger partial charge in [0.15, 0.2) is 0 Å². The molecule has 21 heavy (non-hydrogen) atoms. The molecule has 0 bridgehead atoms. The first-order chi connectivity index (χ1) is 9.99. The minimum absolute atomic E-state index is 0.0147. The van der Waals surface area contributed by atoms with Gasteiger partial charge in [0.2, 0.25) is 0 Å². The van der Waals surface area contributed by atoms with Crippen LogP contribution in [0.3, 0.4) is 0 Å². The van der Waals surface area contributed by atoms with Gasteiger partial charge in [-0.3, -0.25) is 0 Å². The molecule has 0 amide bonds. The average Bonchev–Trinajstić information content (AvgIpc) is 2.42. The van der Waals surface area contributed by atoms with Crippen LogP contribution in [0, 0.1) is 0 Å². The zero-order valence-electron chi connectivity index (χ0n) is 10.6. The Balaban J connectivity index is 2.46. The van der Waals surface area contributed by atoms with Gasteiger partial charge >= 0.3 is 5.63 Å². The smallest absolute Gasteiger partial charge is 0.348 e. The predicted octanol–water partition coefficient (Wildman–Crippen LogP) is 2.28. The van der Waals surface area contributed by atoms with Crippen molar-refractivity contribution >= 4 is 11.0 Å². The molecule has 4 N–H and O–H groups in total. The van der Waals surface area contributed by atoms with E-state index in [-0.39, 0.29) is 39.3 Å². The van der Waals surface area contributed by atoms with Crippen LogP contribution in [0.25, 0.3) is 22.1 Å². The summed E-state index contributed by atoms with van der Waals surface area (Å²) in [6.45, 7) is 0. The summed E-state index contributed by atoms with van der Waals surface area (Å²) in [5.74, 6) is -1.31. The highest BCUT2D eigenvalue weighted by Crippen LogP contribution is 2.41. The summed E-state index contributed by atoms with van der Waals surface area (Å²) >= 11 is 0. The Kier molecular flexibility index (Phi) is 2.72. The quantitative estimate of drug-likeness (QED) is 0.403. The maximum Gasteiger partial charge on any atom is 0.348 e. The Labute approximate surface area is 117 Å². The zero-order chi connectivity index (χ0) is 15.1. The summed E-state index contributed by atoms with van der Waals surface area (Å²) in [4.78, 5) is 12.0. The van der Waals surface area contributed by atoms with Crippen molar-refractivity contribution < 1.29 is 24.8 Å². The minimum atomic E-state index is -0.897. The fourth-order valence-corrected chi connectivity index (χ4v) is 2.18. The molecule has 2 aromatic carbocycles. The van der Waals surface area contributed by atoms with Crippen molar-refractivity contribution in [3.05, 3.63) is 46.8 Å². The molecule has 0 aliphatic rings. The molecule has 106 valence electrons. The standard InChI is InChI=1S/C15H10O6/c16-7-4-5-9(17)8(6-7)12-14(19)13-10(18)2-1-3-11(13)21-15(12)20/h1-6,16-19H. The summed E-state index contributed by atoms with van der Waals surface area (Å²) in [6.07, 6.45) is 0. The number of phenolic OH excluding ortho intramolecular Hbond substituents is 3. The van der Waals surface area contributed by atoms with Crippen molar-refractivity contribution in [1.82, 2.24) is 0 Å². The van der Waals surface area contributed by atoms with Gasteiger partial charge in [-0.25, -0.2) is 4.79 Å². The van der Waals surface area contributed by atoms with Gasteiger partial charge < -0.3 is 24.8 Å². The van der Waals surface area contributed by atoms with Gasteiger partial charge in [0.1, 0.15) is 39.5 Å². The van der Waals surface area contributed by atoms with E-state index in [1.165, 1.54) is 30.3 Å². The molecule has 0 aliphatic heterocycles. The topological polar surface area (TPSA) is 111 Å². The normalized spacial score (nSPS) is 10.9. The molecule has 6 heteroatoms. The third-order valence-electron chi connectivity index (χ3n) is 3.13. The van der Waals surface area contributed by atoms with E-state index >= 15 is 0 Å². The Morgan fingerprint density at radius 3 is 2.43 bits per heavy atom. The summed E-state index contributed by atoms with van der Waals surface area (Å²) in [5, 5.41) is 39.3. The number of benzene rings is 2. The van der Waals surface area contributed by atoms with Crippen LogP contribution in [0.1, 0.15) is 0 Å². The lowest BCUT2D eigenvalue weighted by Gasteiger charge is -2.09. The van der Waals surface area contributed by atoms with Crippen LogP contribution >= 0.6 is 0 Å². The van der Waals surface area contributed by atoms with Crippen LogP contribution in [0.15, 0.2) is 45.6 Å². The third kappa shape index (κ3) is 1.93. The SMILES string of the molecule is O=c1oc2cccc(O)c2c(O)c1-c1cc(O)ccc1O. The molecule has 0 spiro atoms. The lowest BCUT2D eigenvalue weighted by molar-refractivity contribution is 0.450. The van der Waals surface area contributed by atoms with Gasteiger partial charge in [-0.15, -0.1) is 0 Å². The van der Waals surface area contributed by atoms with Gasteiger partial charge in [-0.05, 0) is 30.3 Å². The third-order valence-corrected chi connectivity index (χ3v) is 3.13. The Morgan fingerprint density at radius 2 is 1.67 bits per heavy atom. The van der Waals surface area contributed by atoms with Crippen molar-refractivity contribution in [2.45, 2.75) is 0 Å². The Bertz CT molecular complexity index is 910. The molecule has 0 fully saturated rings. The van der Waals surface area contributed by atoms with E-state index in [1.54, 1.807) is 0 Å². The second kappa shape index (κ2) is 4.45. The van der Waals surface area contributed by atoms with Crippen molar-refractivity contribution in [1.29, 1.82) is 0 Å². The molecular formula is C15H10O6. The first kappa shape index (κ1) is 12.9. The fourth-order valence-electron chi connectivity index (χ4n) is 2.18. The highest BCUT2D eigenvalue weighted by atomic mass is 16.4. The maximum absolute atomic E-state index is 12.0. The van der Waals surface area contributed by atoms with Crippen LogP contribution in [-0.2, 0) is 0 Å². The molecule has 0 saturated heterocycles. The second-order valence-corrected chi connectivity index (χ2v) is 4.46. The highest BCUT2D eigenvalue weighted by molar-refractivity contribution is 5.95. The number of hydrogen-bond donors (Lipinski definition) is 4. The number of hydrogen-bond acceptors (Lipinski definition) is 6. The molecule has 1 heterocycles. The average molecular weight is 286 g/mol. The molecule has 0 radical (unpaired) electrons. The van der Waals surface area contributed by atoms with Crippen molar-refractivity contribution in [2.24, 2.45) is 0 Å². The number of fused-ring (bicyclic) bond motifs is 1. The lowest BCUT2D eigenvalue weighted by atomic mass is 10.0. The van der Waals surface area contributed by atoms with Crippen molar-refractivity contribution in [3.63, 3.8) is 0 Å². The van der Waals surface area contributed by atoms with Gasteiger partial charge in [0, 0.05) is 5.56 Å². The summed E-state index contributed by atoms with van der Waals surface area (Å²) in [7, 11) is 0. The summed E-state index contributed by atoms with van der Waals surface area (Å²) < 4.78 is 5.04. The van der Waals surface area contributed by atoms with Gasteiger partial charge in [0.25, 0.3) is 0 Å². The van der Waals surface area contributed by atoms with Gasteiger partial charge in [-0.2, -0.15) is 0 Å². The van der Waals surface area contributed by atoms with Crippen LogP contribution in [0.2, 0.25) is 0 Å². The zero-order valence-corrected chi connectivity index (χ0v) is 10.6. The number of aromatic hydroxyl groups is 4. The maximum atomic E-state index is 12.0. The van der Waals surface area contributed by atoms with Crippen molar-refractivity contribution in [2.75, 3.05) is 0 Å². The van der Waals surface area contributed by atoms with Gasteiger partial charge in [-0.1, -0.05) is 6.07 Å². The van der Waals surface area contributed by atoms with E-state index in [1.807, 2.05) is 0 Å². The van der Waals surface area contributed by atoms with Gasteiger partial charge in [0.05, 0.1) is 0 Å². The largest absolute Gasteiger partial charge is 0.508 e. The van der Waals surface area contributed by atoms with Crippen LogP contribution < -0.4 is 5.63 Å². The number of phenols is 3. The molecule has 3 aromatic rings. The molecular weight excluding hydrogens is 276 g/mol. The lowest BCUT2D eigenvalue weighted by Crippen LogP contribution is -2.03. The predicted molar refractivity (Wildman–Crippen MR) is 74.6 cm³/mol. The summed E-state index contributed by atoms with van der Waals surface area (Å²) in [5.41, 5.74) is -1.31. The molecule has 0 aliphatic carbocycles. The van der Waals surface area contributed by atoms with E-state index in [2.05, 4.69) is 0 Å². The number of rotatable bonds is 1. The molecule has 3 rings (SSSR count). The molecule has 1 aromatic heterocycles. The molecule has 6 nitrogen and oxygen atoms in total. The Hall–Kier alpha value is -3.15. The first-order valence-electron chi connectivity index (χ1n) is 5.99.